The number of carbonyl (C=O) groups excluding carboxylic acids is 1. The van der Waals surface area contributed by atoms with Gasteiger partial charge in [0.05, 0.1) is 17.8 Å². The number of hydrogen-bond acceptors (Lipinski definition) is 4. The molecule has 4 rings (SSSR count). The Balaban J connectivity index is 1.56. The van der Waals surface area contributed by atoms with Gasteiger partial charge >= 0.3 is 0 Å². The number of hydrogen-bond donors (Lipinski definition) is 1. The zero-order valence-electron chi connectivity index (χ0n) is 14.5. The lowest BCUT2D eigenvalue weighted by molar-refractivity contribution is 0.0936. The molecule has 1 atom stereocenters. The van der Waals surface area contributed by atoms with Crippen LogP contribution in [-0.4, -0.2) is 40.8 Å². The highest BCUT2D eigenvalue weighted by Crippen LogP contribution is 2.40. The second-order valence-electron chi connectivity index (χ2n) is 6.75. The number of rotatable bonds is 6. The van der Waals surface area contributed by atoms with Crippen LogP contribution in [0.4, 0.5) is 0 Å². The predicted molar refractivity (Wildman–Crippen MR) is 94.6 cm³/mol. The molecule has 3 heterocycles. The van der Waals surface area contributed by atoms with Gasteiger partial charge in [-0.05, 0) is 51.2 Å². The van der Waals surface area contributed by atoms with E-state index >= 15 is 0 Å². The summed E-state index contributed by atoms with van der Waals surface area (Å²) >= 11 is 0. The van der Waals surface area contributed by atoms with Crippen molar-refractivity contribution < 1.29 is 9.21 Å². The van der Waals surface area contributed by atoms with Crippen LogP contribution in [0.3, 0.4) is 0 Å². The number of nitrogens with zero attached hydrogens (tertiary/aromatic N) is 3. The van der Waals surface area contributed by atoms with Gasteiger partial charge in [-0.15, -0.1) is 0 Å². The third-order valence-corrected chi connectivity index (χ3v) is 4.68. The van der Waals surface area contributed by atoms with E-state index in [-0.39, 0.29) is 11.9 Å². The molecule has 25 heavy (non-hydrogen) atoms. The van der Waals surface area contributed by atoms with Crippen molar-refractivity contribution in [2.45, 2.75) is 24.8 Å². The summed E-state index contributed by atoms with van der Waals surface area (Å²) in [4.78, 5) is 19.5. The van der Waals surface area contributed by atoms with Gasteiger partial charge in [0.2, 0.25) is 0 Å². The molecular formula is C19H22N4O2. The highest BCUT2D eigenvalue weighted by Gasteiger charge is 2.30. The molecule has 0 aromatic carbocycles. The molecule has 6 heteroatoms. The Kier molecular flexibility index (Phi) is 4.05. The molecule has 3 aromatic heterocycles. The van der Waals surface area contributed by atoms with Crippen LogP contribution in [0.25, 0.3) is 5.52 Å². The van der Waals surface area contributed by atoms with Gasteiger partial charge in [-0.25, -0.2) is 4.98 Å². The fourth-order valence-electron chi connectivity index (χ4n) is 3.15. The van der Waals surface area contributed by atoms with Crippen LogP contribution >= 0.6 is 0 Å². The van der Waals surface area contributed by atoms with Crippen molar-refractivity contribution >= 4 is 11.4 Å². The van der Waals surface area contributed by atoms with Gasteiger partial charge in [0.15, 0.2) is 5.69 Å². The van der Waals surface area contributed by atoms with Gasteiger partial charge in [0.1, 0.15) is 11.6 Å². The van der Waals surface area contributed by atoms with Crippen molar-refractivity contribution in [1.82, 2.24) is 19.6 Å². The Bertz CT molecular complexity index is 878. The van der Waals surface area contributed by atoms with Crippen molar-refractivity contribution in [1.29, 1.82) is 0 Å². The normalized spacial score (nSPS) is 15.6. The molecule has 1 saturated carbocycles. The van der Waals surface area contributed by atoms with Gasteiger partial charge in [0, 0.05) is 18.7 Å². The Hall–Kier alpha value is -2.60. The minimum Gasteiger partial charge on any atom is -0.468 e. The monoisotopic (exact) mass is 338 g/mol. The third kappa shape index (κ3) is 3.05. The lowest BCUT2D eigenvalue weighted by atomic mass is 10.2. The van der Waals surface area contributed by atoms with E-state index in [1.165, 1.54) is 0 Å². The molecule has 0 spiro atoms. The van der Waals surface area contributed by atoms with Crippen LogP contribution in [0.5, 0.6) is 0 Å². The highest BCUT2D eigenvalue weighted by molar-refractivity contribution is 5.99. The van der Waals surface area contributed by atoms with E-state index < -0.39 is 0 Å². The summed E-state index contributed by atoms with van der Waals surface area (Å²) in [6.45, 7) is 0.462. The molecule has 130 valence electrons. The van der Waals surface area contributed by atoms with Crippen LogP contribution < -0.4 is 5.32 Å². The highest BCUT2D eigenvalue weighted by atomic mass is 16.3. The second kappa shape index (κ2) is 6.37. The van der Waals surface area contributed by atoms with Crippen molar-refractivity contribution in [3.63, 3.8) is 0 Å². The minimum atomic E-state index is -0.144. The summed E-state index contributed by atoms with van der Waals surface area (Å²) in [7, 11) is 3.94. The van der Waals surface area contributed by atoms with Gasteiger partial charge in [-0.2, -0.15) is 0 Å². The largest absolute Gasteiger partial charge is 0.468 e. The predicted octanol–water partition coefficient (Wildman–Crippen LogP) is 2.84. The van der Waals surface area contributed by atoms with E-state index in [0.717, 1.165) is 29.9 Å². The molecule has 1 N–H and O–H groups in total. The van der Waals surface area contributed by atoms with E-state index in [1.54, 1.807) is 6.26 Å². The van der Waals surface area contributed by atoms with Crippen molar-refractivity contribution in [2.75, 3.05) is 20.6 Å². The summed E-state index contributed by atoms with van der Waals surface area (Å²) in [5, 5.41) is 3.02. The maximum Gasteiger partial charge on any atom is 0.272 e. The van der Waals surface area contributed by atoms with Crippen LogP contribution in [-0.2, 0) is 0 Å². The summed E-state index contributed by atoms with van der Waals surface area (Å²) < 4.78 is 7.54. The molecule has 0 saturated heterocycles. The first-order valence-electron chi connectivity index (χ1n) is 8.60. The fraction of sp³-hybridized carbons (Fsp3) is 0.368. The third-order valence-electron chi connectivity index (χ3n) is 4.68. The van der Waals surface area contributed by atoms with Gasteiger partial charge in [0.25, 0.3) is 5.91 Å². The number of furan rings is 1. The van der Waals surface area contributed by atoms with Crippen molar-refractivity contribution in [3.05, 3.63) is 60.1 Å². The summed E-state index contributed by atoms with van der Waals surface area (Å²) in [5.41, 5.74) is 1.36. The number of nitrogens with one attached hydrogen (secondary N) is 1. The molecule has 1 aliphatic carbocycles. The topological polar surface area (TPSA) is 62.8 Å². The average Bonchev–Trinajstić information content (AvgIpc) is 3.17. The van der Waals surface area contributed by atoms with E-state index in [9.17, 15) is 4.79 Å². The molecule has 1 amide bonds. The molecule has 1 aliphatic rings. The molecule has 0 radical (unpaired) electrons. The van der Waals surface area contributed by atoms with Crippen LogP contribution in [0.15, 0.2) is 47.2 Å². The van der Waals surface area contributed by atoms with E-state index in [0.29, 0.717) is 18.2 Å². The van der Waals surface area contributed by atoms with Gasteiger partial charge < -0.3 is 14.1 Å². The standard InChI is InChI=1S/C19H22N4O2/c1-22(2)15(16-7-5-11-25-16)12-20-19(24)17-14-6-3-4-10-23(14)18(21-17)13-8-9-13/h3-7,10-11,13,15H,8-9,12H2,1-2H3,(H,20,24). The number of amides is 1. The zero-order chi connectivity index (χ0) is 17.4. The Morgan fingerprint density at radius 2 is 2.20 bits per heavy atom. The Morgan fingerprint density at radius 3 is 2.88 bits per heavy atom. The van der Waals surface area contributed by atoms with Crippen LogP contribution in [0, 0.1) is 0 Å². The molecule has 1 unspecified atom stereocenters. The first-order chi connectivity index (χ1) is 12.1. The molecule has 0 bridgehead atoms. The Labute approximate surface area is 146 Å². The number of pyridine rings is 1. The SMILES string of the molecule is CN(C)C(CNC(=O)c1nc(C2CC2)n2ccccc12)c1ccco1. The number of fused-ring (bicyclic) bond motifs is 1. The quantitative estimate of drug-likeness (QED) is 0.751. The maximum absolute atomic E-state index is 12.8. The Morgan fingerprint density at radius 1 is 1.36 bits per heavy atom. The van der Waals surface area contributed by atoms with Crippen molar-refractivity contribution in [3.8, 4) is 0 Å². The van der Waals surface area contributed by atoms with Gasteiger partial charge in [-0.1, -0.05) is 6.07 Å². The summed E-state index contributed by atoms with van der Waals surface area (Å²) in [6.07, 6.45) is 5.93. The van der Waals surface area contributed by atoms with Crippen LogP contribution in [0.2, 0.25) is 0 Å². The number of likely N-dealkylation sites (N-methyl/N-ethyl adjacent to an activating group) is 1. The number of carbonyl (C=O) groups is 1. The summed E-state index contributed by atoms with van der Waals surface area (Å²) in [5.74, 6) is 2.16. The van der Waals surface area contributed by atoms with Gasteiger partial charge in [-0.3, -0.25) is 9.69 Å². The molecule has 0 aliphatic heterocycles. The molecule has 6 nitrogen and oxygen atoms in total. The first-order valence-corrected chi connectivity index (χ1v) is 8.60. The smallest absolute Gasteiger partial charge is 0.272 e. The molecule has 1 fully saturated rings. The second-order valence-corrected chi connectivity index (χ2v) is 6.75. The number of aromatic nitrogens is 2. The average molecular weight is 338 g/mol. The van der Waals surface area contributed by atoms with E-state index in [4.69, 9.17) is 4.42 Å². The lowest BCUT2D eigenvalue weighted by Gasteiger charge is -2.22. The maximum atomic E-state index is 12.8. The zero-order valence-corrected chi connectivity index (χ0v) is 14.5. The molecular weight excluding hydrogens is 316 g/mol. The molecule has 3 aromatic rings. The van der Waals surface area contributed by atoms with Crippen molar-refractivity contribution in [2.24, 2.45) is 0 Å². The minimum absolute atomic E-state index is 0.0178. The fourth-order valence-corrected chi connectivity index (χ4v) is 3.15. The number of imidazole rings is 1. The first kappa shape index (κ1) is 15.9. The van der Waals surface area contributed by atoms with E-state index in [2.05, 4.69) is 10.3 Å². The van der Waals surface area contributed by atoms with E-state index in [1.807, 2.05) is 59.9 Å². The summed E-state index contributed by atoms with van der Waals surface area (Å²) in [6, 6.07) is 9.63. The lowest BCUT2D eigenvalue weighted by Crippen LogP contribution is -2.34. The van der Waals surface area contributed by atoms with Crippen LogP contribution in [0.1, 0.15) is 46.9 Å².